The Balaban J connectivity index is 2.34. The van der Waals surface area contributed by atoms with Gasteiger partial charge in [-0.05, 0) is 73.3 Å². The minimum absolute atomic E-state index is 0.0325. The quantitative estimate of drug-likeness (QED) is 0.190. The number of halogens is 3. The number of esters is 1. The molecule has 42 heavy (non-hydrogen) atoms. The van der Waals surface area contributed by atoms with Gasteiger partial charge >= 0.3 is 24.3 Å². The molecule has 2 amide bonds. The van der Waals surface area contributed by atoms with Crippen LogP contribution >= 0.6 is 0 Å². The monoisotopic (exact) mass is 603 g/mol. The van der Waals surface area contributed by atoms with Crippen molar-refractivity contribution in [3.05, 3.63) is 35.9 Å². The van der Waals surface area contributed by atoms with E-state index >= 15 is 0 Å². The van der Waals surface area contributed by atoms with Gasteiger partial charge in [0.15, 0.2) is 6.04 Å². The molecular weight excluding hydrogens is 559 g/mol. The van der Waals surface area contributed by atoms with Gasteiger partial charge in [0.05, 0.1) is 19.3 Å². The fourth-order valence-electron chi connectivity index (χ4n) is 4.35. The molecule has 1 aliphatic heterocycles. The third-order valence-corrected chi connectivity index (χ3v) is 6.16. The Hall–Kier alpha value is -2.86. The van der Waals surface area contributed by atoms with Crippen molar-refractivity contribution in [2.24, 2.45) is 5.92 Å². The number of benzene rings is 1. The molecule has 238 valence electrons. The lowest BCUT2D eigenvalue weighted by Crippen LogP contribution is -2.54. The molecule has 9 nitrogen and oxygen atoms in total. The summed E-state index contributed by atoms with van der Waals surface area (Å²) in [5.74, 6) is -1.35. The summed E-state index contributed by atoms with van der Waals surface area (Å²) in [7, 11) is 0. The van der Waals surface area contributed by atoms with Gasteiger partial charge in [0.25, 0.3) is 0 Å². The molecule has 0 saturated carbocycles. The molecule has 1 fully saturated rings. The molecular formula is C30H44F3NO8. The van der Waals surface area contributed by atoms with Crippen molar-refractivity contribution in [1.82, 2.24) is 4.90 Å². The smallest absolute Gasteiger partial charge is 0.420 e. The number of imide groups is 1. The van der Waals surface area contributed by atoms with Crippen LogP contribution in [0.1, 0.15) is 73.3 Å². The van der Waals surface area contributed by atoms with E-state index < -0.39 is 66.8 Å². The molecule has 0 bridgehead atoms. The maximum Gasteiger partial charge on any atom is 0.420 e. The predicted octanol–water partition coefficient (Wildman–Crippen LogP) is 6.47. The lowest BCUT2D eigenvalue weighted by molar-refractivity contribution is -0.165. The van der Waals surface area contributed by atoms with Crippen molar-refractivity contribution in [2.75, 3.05) is 19.8 Å². The van der Waals surface area contributed by atoms with Gasteiger partial charge in [-0.25, -0.2) is 14.4 Å². The predicted molar refractivity (Wildman–Crippen MR) is 148 cm³/mol. The van der Waals surface area contributed by atoms with Gasteiger partial charge in [-0.2, -0.15) is 18.1 Å². The number of ether oxygens (including phenoxy) is 5. The summed E-state index contributed by atoms with van der Waals surface area (Å²) in [4.78, 5) is 40.3. The van der Waals surface area contributed by atoms with Gasteiger partial charge < -0.3 is 23.7 Å². The van der Waals surface area contributed by atoms with E-state index in [4.69, 9.17) is 23.7 Å². The van der Waals surface area contributed by atoms with Gasteiger partial charge in [-0.3, -0.25) is 0 Å². The Morgan fingerprint density at radius 3 is 2.05 bits per heavy atom. The van der Waals surface area contributed by atoms with Crippen molar-refractivity contribution in [1.29, 1.82) is 0 Å². The fourth-order valence-corrected chi connectivity index (χ4v) is 4.35. The summed E-state index contributed by atoms with van der Waals surface area (Å²) >= 11 is 0. The average molecular weight is 604 g/mol. The highest BCUT2D eigenvalue weighted by molar-refractivity contribution is 5.94. The third kappa shape index (κ3) is 12.6. The van der Waals surface area contributed by atoms with Crippen LogP contribution in [0.2, 0.25) is 0 Å². The van der Waals surface area contributed by atoms with Crippen LogP contribution in [0.5, 0.6) is 0 Å². The minimum atomic E-state index is -4.32. The van der Waals surface area contributed by atoms with Crippen LogP contribution in [0, 0.1) is 5.92 Å². The molecule has 1 aliphatic rings. The number of hydrogen-bond donors (Lipinski definition) is 0. The highest BCUT2D eigenvalue weighted by Gasteiger charge is 2.44. The average Bonchev–Trinajstić information content (AvgIpc) is 2.87. The van der Waals surface area contributed by atoms with Crippen molar-refractivity contribution < 1.29 is 51.2 Å². The molecule has 1 aromatic rings. The zero-order valence-electron chi connectivity index (χ0n) is 25.5. The number of rotatable bonds is 8. The first kappa shape index (κ1) is 35.3. The first-order chi connectivity index (χ1) is 19.4. The first-order valence-electron chi connectivity index (χ1n) is 14.1. The number of hydrogen-bond acceptors (Lipinski definition) is 8. The van der Waals surface area contributed by atoms with E-state index in [2.05, 4.69) is 0 Å². The van der Waals surface area contributed by atoms with E-state index in [-0.39, 0.29) is 25.6 Å². The minimum Gasteiger partial charge on any atom is -0.458 e. The SMILES string of the molecule is CC1OC(=O)C(N(C(=O)OC(C)(C)C)C(=O)OC(C)(C)C)COCC(CCc2ccccc2)C1OCCCC(F)(F)F. The van der Waals surface area contributed by atoms with Crippen LogP contribution in [0.3, 0.4) is 0 Å². The maximum atomic E-state index is 13.4. The molecule has 1 aromatic carbocycles. The van der Waals surface area contributed by atoms with Crippen molar-refractivity contribution in [2.45, 2.75) is 110 Å². The first-order valence-corrected chi connectivity index (χ1v) is 14.1. The fraction of sp³-hybridized carbons (Fsp3) is 0.700. The summed E-state index contributed by atoms with van der Waals surface area (Å²) in [6.07, 6.45) is -8.44. The Kier molecular flexibility index (Phi) is 12.7. The van der Waals surface area contributed by atoms with E-state index in [9.17, 15) is 27.6 Å². The van der Waals surface area contributed by atoms with Crippen LogP contribution in [-0.2, 0) is 34.9 Å². The number of carbonyl (C=O) groups is 3. The number of nitrogens with zero attached hydrogens (tertiary/aromatic N) is 1. The second-order valence-electron chi connectivity index (χ2n) is 12.4. The van der Waals surface area contributed by atoms with Gasteiger partial charge in [0.2, 0.25) is 0 Å². The van der Waals surface area contributed by atoms with Crippen LogP contribution in [-0.4, -0.2) is 78.5 Å². The highest BCUT2D eigenvalue weighted by Crippen LogP contribution is 2.27. The summed E-state index contributed by atoms with van der Waals surface area (Å²) < 4.78 is 66.5. The second kappa shape index (κ2) is 15.0. The van der Waals surface area contributed by atoms with Crippen molar-refractivity contribution in [3.63, 3.8) is 0 Å². The number of amides is 2. The Labute approximate surface area is 245 Å². The maximum absolute atomic E-state index is 13.4. The van der Waals surface area contributed by atoms with E-state index in [1.807, 2.05) is 30.3 Å². The number of carbonyl (C=O) groups excluding carboxylic acids is 3. The number of alkyl halides is 3. The molecule has 4 unspecified atom stereocenters. The van der Waals surface area contributed by atoms with E-state index in [1.165, 1.54) is 0 Å². The van der Waals surface area contributed by atoms with Crippen molar-refractivity contribution in [3.8, 4) is 0 Å². The van der Waals surface area contributed by atoms with Gasteiger partial charge in [-0.1, -0.05) is 30.3 Å². The molecule has 0 radical (unpaired) electrons. The summed E-state index contributed by atoms with van der Waals surface area (Å²) in [5.41, 5.74) is -0.950. The van der Waals surface area contributed by atoms with Crippen LogP contribution < -0.4 is 0 Å². The van der Waals surface area contributed by atoms with Gasteiger partial charge in [-0.15, -0.1) is 0 Å². The summed E-state index contributed by atoms with van der Waals surface area (Å²) in [6, 6.07) is 8.05. The van der Waals surface area contributed by atoms with Gasteiger partial charge in [0.1, 0.15) is 17.3 Å². The standard InChI is InChI=1S/C30H44F3NO8/c1-20-24(39-17-11-16-30(31,32)33)22(15-14-21-12-9-8-10-13-21)18-38-19-23(25(35)40-20)34(26(36)41-28(2,3)4)27(37)42-29(5,6)7/h8-10,12-13,20,22-24H,11,14-19H2,1-7H3. The zero-order valence-corrected chi connectivity index (χ0v) is 25.5. The molecule has 0 N–H and O–H groups in total. The van der Waals surface area contributed by atoms with Crippen LogP contribution in [0.25, 0.3) is 0 Å². The molecule has 1 heterocycles. The molecule has 4 atom stereocenters. The second-order valence-corrected chi connectivity index (χ2v) is 12.4. The molecule has 0 spiro atoms. The molecule has 12 heteroatoms. The molecule has 2 rings (SSSR count). The topological polar surface area (TPSA) is 101 Å². The Morgan fingerprint density at radius 1 is 0.952 bits per heavy atom. The number of cyclic esters (lactones) is 1. The van der Waals surface area contributed by atoms with Gasteiger partial charge in [0, 0.05) is 18.9 Å². The van der Waals surface area contributed by atoms with Crippen molar-refractivity contribution >= 4 is 18.2 Å². The third-order valence-electron chi connectivity index (χ3n) is 6.16. The zero-order chi connectivity index (χ0) is 31.7. The highest BCUT2D eigenvalue weighted by atomic mass is 19.4. The molecule has 0 aromatic heterocycles. The lowest BCUT2D eigenvalue weighted by atomic mass is 9.92. The summed E-state index contributed by atoms with van der Waals surface area (Å²) in [6.45, 7) is 10.6. The lowest BCUT2D eigenvalue weighted by Gasteiger charge is -2.33. The Bertz CT molecular complexity index is 992. The largest absolute Gasteiger partial charge is 0.458 e. The van der Waals surface area contributed by atoms with E-state index in [0.29, 0.717) is 17.7 Å². The Morgan fingerprint density at radius 2 is 1.52 bits per heavy atom. The van der Waals surface area contributed by atoms with E-state index in [1.54, 1.807) is 48.5 Å². The van der Waals surface area contributed by atoms with Crippen LogP contribution in [0.4, 0.5) is 22.8 Å². The number of aryl methyl sites for hydroxylation is 1. The molecule has 1 saturated heterocycles. The van der Waals surface area contributed by atoms with E-state index in [0.717, 1.165) is 5.56 Å². The molecule has 0 aliphatic carbocycles. The normalized spacial score (nSPS) is 22.3. The van der Waals surface area contributed by atoms with Crippen LogP contribution in [0.15, 0.2) is 30.3 Å². The summed E-state index contributed by atoms with van der Waals surface area (Å²) in [5, 5.41) is 0.